The lowest BCUT2D eigenvalue weighted by atomic mass is 9.94. The number of hydrogen-bond acceptors (Lipinski definition) is 0. The van der Waals surface area contributed by atoms with E-state index in [0.29, 0.717) is 0 Å². The third-order valence-corrected chi connectivity index (χ3v) is 1.44. The second-order valence-electron chi connectivity index (χ2n) is 1.62. The molecule has 0 nitrogen and oxygen atoms in total. The van der Waals surface area contributed by atoms with E-state index in [1.54, 1.807) is 0 Å². The Morgan fingerprint density at radius 1 is 1.50 bits per heavy atom. The molecule has 0 aromatic heterocycles. The molecular formula is C5H6Br. The van der Waals surface area contributed by atoms with Gasteiger partial charge in [-0.05, 0) is 12.8 Å². The lowest BCUT2D eigenvalue weighted by Gasteiger charge is -2.20. The van der Waals surface area contributed by atoms with Gasteiger partial charge in [-0.25, -0.2) is 0 Å². The van der Waals surface area contributed by atoms with Crippen LogP contribution in [0.5, 0.6) is 0 Å². The number of hydrogen-bond donors (Lipinski definition) is 0. The van der Waals surface area contributed by atoms with Crippen molar-refractivity contribution in [2.45, 2.75) is 12.8 Å². The molecule has 1 rings (SSSR count). The van der Waals surface area contributed by atoms with Crippen molar-refractivity contribution in [1.29, 1.82) is 0 Å². The van der Waals surface area contributed by atoms with Gasteiger partial charge in [-0.15, -0.1) is 0 Å². The zero-order chi connectivity index (χ0) is 4.57. The maximum absolute atomic E-state index is 3.76. The van der Waals surface area contributed by atoms with Crippen LogP contribution in [-0.2, 0) is 0 Å². The highest BCUT2D eigenvalue weighted by Crippen LogP contribution is 2.37. The third kappa shape index (κ3) is 0.648. The second kappa shape index (κ2) is 1.38. The van der Waals surface area contributed by atoms with Crippen molar-refractivity contribution >= 4 is 15.9 Å². The fourth-order valence-corrected chi connectivity index (χ4v) is 1.28. The van der Waals surface area contributed by atoms with Crippen molar-refractivity contribution in [2.24, 2.45) is 0 Å². The van der Waals surface area contributed by atoms with E-state index in [-0.39, 0.29) is 0 Å². The average Bonchev–Trinajstić information content (AvgIpc) is 1.33. The Bertz CT molecular complexity index is 68.0. The number of halogens is 1. The molecule has 0 aromatic rings. The van der Waals surface area contributed by atoms with Crippen LogP contribution < -0.4 is 0 Å². The minimum absolute atomic E-state index is 1.11. The van der Waals surface area contributed by atoms with Crippen LogP contribution in [0.2, 0.25) is 0 Å². The highest BCUT2D eigenvalue weighted by atomic mass is 79.9. The molecule has 0 N–H and O–H groups in total. The zero-order valence-corrected chi connectivity index (χ0v) is 5.09. The van der Waals surface area contributed by atoms with E-state index in [2.05, 4.69) is 22.5 Å². The molecule has 6 heavy (non-hydrogen) atoms. The molecule has 1 fully saturated rings. The van der Waals surface area contributed by atoms with Crippen molar-refractivity contribution in [2.75, 3.05) is 0 Å². The van der Waals surface area contributed by atoms with Gasteiger partial charge in [0.1, 0.15) is 0 Å². The van der Waals surface area contributed by atoms with Crippen molar-refractivity contribution in [1.82, 2.24) is 0 Å². The van der Waals surface area contributed by atoms with Crippen molar-refractivity contribution in [3.8, 4) is 0 Å². The smallest absolute Gasteiger partial charge is 0.0490 e. The molecule has 33 valence electrons. The summed E-state index contributed by atoms with van der Waals surface area (Å²) in [6.45, 7) is 3.76. The highest BCUT2D eigenvalue weighted by Gasteiger charge is 2.17. The first-order chi connectivity index (χ1) is 2.79. The Labute approximate surface area is 46.4 Å². The van der Waals surface area contributed by atoms with Crippen molar-refractivity contribution in [3.63, 3.8) is 0 Å². The summed E-state index contributed by atoms with van der Waals surface area (Å²) in [6.07, 6.45) is 2.22. The van der Waals surface area contributed by atoms with E-state index in [1.165, 1.54) is 10.4 Å². The Morgan fingerprint density at radius 2 is 2.00 bits per heavy atom. The van der Waals surface area contributed by atoms with Gasteiger partial charge in [-0.3, -0.25) is 0 Å². The molecule has 0 atom stereocenters. The van der Waals surface area contributed by atoms with Gasteiger partial charge in [-0.2, -0.15) is 0 Å². The zero-order valence-electron chi connectivity index (χ0n) is 3.50. The van der Waals surface area contributed by atoms with Gasteiger partial charge in [-0.1, -0.05) is 28.1 Å². The van der Waals surface area contributed by atoms with Crippen LogP contribution in [-0.4, -0.2) is 0 Å². The van der Waals surface area contributed by atoms with E-state index in [0.717, 1.165) is 12.8 Å². The fourth-order valence-electron chi connectivity index (χ4n) is 0.491. The van der Waals surface area contributed by atoms with Crippen LogP contribution >= 0.6 is 15.9 Å². The Hall–Kier alpha value is 0.220. The fraction of sp³-hybridized carbons (Fsp3) is 0.400. The van der Waals surface area contributed by atoms with Gasteiger partial charge < -0.3 is 0 Å². The maximum Gasteiger partial charge on any atom is 0.0490 e. The van der Waals surface area contributed by atoms with Crippen LogP contribution in [0.4, 0.5) is 0 Å². The van der Waals surface area contributed by atoms with Crippen molar-refractivity contribution in [3.05, 3.63) is 17.0 Å². The normalized spacial score (nSPS) is 23.8. The van der Waals surface area contributed by atoms with Crippen LogP contribution in [0.25, 0.3) is 0 Å². The van der Waals surface area contributed by atoms with E-state index < -0.39 is 0 Å². The minimum Gasteiger partial charge on any atom is -0.0998 e. The van der Waals surface area contributed by atoms with Crippen LogP contribution in [0, 0.1) is 4.83 Å². The van der Waals surface area contributed by atoms with Gasteiger partial charge in [0.15, 0.2) is 0 Å². The maximum atomic E-state index is 3.76. The standard InChI is InChI=1S/C5H6Br/c1-4-2-5(6)3-4/h1-3H2. The van der Waals surface area contributed by atoms with Gasteiger partial charge in [0.2, 0.25) is 0 Å². The molecule has 0 saturated heterocycles. The average molecular weight is 146 g/mol. The van der Waals surface area contributed by atoms with Gasteiger partial charge in [0.05, 0.1) is 0 Å². The lowest BCUT2D eigenvalue weighted by molar-refractivity contribution is 0.830. The van der Waals surface area contributed by atoms with Crippen LogP contribution in [0.3, 0.4) is 0 Å². The number of rotatable bonds is 0. The molecule has 0 unspecified atom stereocenters. The minimum atomic E-state index is 1.11. The largest absolute Gasteiger partial charge is 0.0998 e. The Morgan fingerprint density at radius 3 is 2.00 bits per heavy atom. The summed E-state index contributed by atoms with van der Waals surface area (Å²) < 4.78 is 0. The van der Waals surface area contributed by atoms with Gasteiger partial charge in [0.25, 0.3) is 0 Å². The summed E-state index contributed by atoms with van der Waals surface area (Å²) in [5, 5.41) is 0. The molecule has 1 aliphatic carbocycles. The molecular weight excluding hydrogens is 140 g/mol. The molecule has 1 radical (unpaired) electrons. The van der Waals surface area contributed by atoms with E-state index in [9.17, 15) is 0 Å². The van der Waals surface area contributed by atoms with Gasteiger partial charge in [0, 0.05) is 4.83 Å². The molecule has 0 aromatic carbocycles. The Balaban J connectivity index is 2.28. The van der Waals surface area contributed by atoms with E-state index in [1.807, 2.05) is 0 Å². The molecule has 1 aliphatic rings. The summed E-state index contributed by atoms with van der Waals surface area (Å²) in [5.41, 5.74) is 1.35. The summed E-state index contributed by atoms with van der Waals surface area (Å²) in [6, 6.07) is 0. The van der Waals surface area contributed by atoms with Gasteiger partial charge >= 0.3 is 0 Å². The quantitative estimate of drug-likeness (QED) is 0.460. The topological polar surface area (TPSA) is 0 Å². The summed E-state index contributed by atoms with van der Waals surface area (Å²) >= 11 is 3.36. The highest BCUT2D eigenvalue weighted by molar-refractivity contribution is 9.11. The van der Waals surface area contributed by atoms with Crippen molar-refractivity contribution < 1.29 is 0 Å². The first-order valence-electron chi connectivity index (χ1n) is 1.96. The summed E-state index contributed by atoms with van der Waals surface area (Å²) in [5.74, 6) is 0. The molecule has 0 bridgehead atoms. The molecule has 0 amide bonds. The first-order valence-corrected chi connectivity index (χ1v) is 2.75. The first kappa shape index (κ1) is 4.38. The predicted octanol–water partition coefficient (Wildman–Crippen LogP) is 2.26. The SMILES string of the molecule is C=C1C[C](Br)C1. The third-order valence-electron chi connectivity index (χ3n) is 0.884. The monoisotopic (exact) mass is 145 g/mol. The van der Waals surface area contributed by atoms with E-state index >= 15 is 0 Å². The van der Waals surface area contributed by atoms with Crippen LogP contribution in [0.1, 0.15) is 12.8 Å². The summed E-state index contributed by atoms with van der Waals surface area (Å²) in [7, 11) is 0. The van der Waals surface area contributed by atoms with Crippen LogP contribution in [0.15, 0.2) is 12.2 Å². The molecule has 0 aliphatic heterocycles. The summed E-state index contributed by atoms with van der Waals surface area (Å²) in [4.78, 5) is 1.40. The van der Waals surface area contributed by atoms with E-state index in [4.69, 9.17) is 0 Å². The predicted molar refractivity (Wildman–Crippen MR) is 30.5 cm³/mol. The second-order valence-corrected chi connectivity index (χ2v) is 2.74. The molecule has 1 heteroatoms. The molecule has 0 heterocycles. The molecule has 1 saturated carbocycles. The Kier molecular flexibility index (Phi) is 1.00. The lowest BCUT2D eigenvalue weighted by Crippen LogP contribution is -2.02. The number of allylic oxidation sites excluding steroid dienone is 1. The molecule has 0 spiro atoms.